The molecular weight excluding hydrogens is 1760 g/mol. The van der Waals surface area contributed by atoms with E-state index in [-0.39, 0.29) is 91.9 Å². The molecule has 0 bridgehead atoms. The number of Topliss-reactive ketones (excluding diaryl/α,β-unsaturated/α-hetero) is 2. The van der Waals surface area contributed by atoms with Crippen LogP contribution in [0.25, 0.3) is 0 Å². The van der Waals surface area contributed by atoms with Crippen LogP contribution in [0, 0.1) is 84.9 Å². The summed E-state index contributed by atoms with van der Waals surface area (Å²) in [6, 6.07) is 20.2. The summed E-state index contributed by atoms with van der Waals surface area (Å²) >= 11 is 0. The zero-order chi connectivity index (χ0) is 97.6. The fourth-order valence-corrected chi connectivity index (χ4v) is 17.9. The zero-order valence-corrected chi connectivity index (χ0v) is 80.3. The Balaban J connectivity index is 0.0000308. The molecule has 0 spiro atoms. The van der Waals surface area contributed by atoms with Crippen molar-refractivity contribution in [3.8, 4) is 17.2 Å². The van der Waals surface area contributed by atoms with Gasteiger partial charge in [-0.2, -0.15) is 0 Å². The number of phenolic OH excluding ortho intramolecular Hbond substituents is 1. The average molecular weight is 1890 g/mol. The largest absolute Gasteiger partial charge is 1.00 e. The van der Waals surface area contributed by atoms with E-state index in [4.69, 9.17) is 56.8 Å². The minimum absolute atomic E-state index is 0. The summed E-state index contributed by atoms with van der Waals surface area (Å²) < 4.78 is 98.5. The van der Waals surface area contributed by atoms with Crippen molar-refractivity contribution < 1.29 is 192 Å². The number of methoxy groups -OCH3 is 7. The molecule has 39 nitrogen and oxygen atoms in total. The van der Waals surface area contributed by atoms with Gasteiger partial charge in [0.05, 0.1) is 127 Å². The Morgan fingerprint density at radius 1 is 0.545 bits per heavy atom. The third kappa shape index (κ3) is 30.2. The van der Waals surface area contributed by atoms with Gasteiger partial charge in [-0.25, -0.2) is 13.1 Å². The molecule has 18 atom stereocenters. The van der Waals surface area contributed by atoms with E-state index in [0.717, 1.165) is 77.9 Å². The van der Waals surface area contributed by atoms with Crippen LogP contribution in [-0.4, -0.2) is 306 Å². The van der Waals surface area contributed by atoms with Gasteiger partial charge in [-0.1, -0.05) is 73.5 Å². The van der Waals surface area contributed by atoms with Crippen LogP contribution < -0.4 is 54.2 Å². The number of hydrogen-bond acceptors (Lipinski definition) is 33. The second kappa shape index (κ2) is 53.7. The van der Waals surface area contributed by atoms with Crippen LogP contribution in [0.15, 0.2) is 89.8 Å². The summed E-state index contributed by atoms with van der Waals surface area (Å²) in [4.78, 5) is 217. The van der Waals surface area contributed by atoms with Crippen LogP contribution in [0.1, 0.15) is 126 Å². The number of ether oxygens (including phenoxy) is 12. The smallest absolute Gasteiger partial charge is 0.550 e. The van der Waals surface area contributed by atoms with Crippen molar-refractivity contribution in [1.29, 1.82) is 0 Å². The van der Waals surface area contributed by atoms with Crippen LogP contribution in [0.4, 0.5) is 0 Å². The first kappa shape index (κ1) is 112. The molecule has 2 saturated heterocycles. The van der Waals surface area contributed by atoms with E-state index < -0.39 is 293 Å². The number of aliphatic carboxylic acids is 4. The van der Waals surface area contributed by atoms with Gasteiger partial charge < -0.3 is 102 Å². The number of likely N-dealkylation sites (tertiary alicyclic amines) is 1. The van der Waals surface area contributed by atoms with Crippen molar-refractivity contribution in [2.24, 2.45) is 71.0 Å². The number of carboxylic acids is 4. The number of aryl methyl sites for hydroxylation is 2. The van der Waals surface area contributed by atoms with Gasteiger partial charge >= 0.3 is 77.3 Å². The van der Waals surface area contributed by atoms with Crippen molar-refractivity contribution in [3.63, 3.8) is 0 Å². The molecule has 0 radical (unpaired) electrons. The molecule has 2 heterocycles. The molecule has 2 fully saturated rings. The van der Waals surface area contributed by atoms with Gasteiger partial charge in [0, 0.05) is 96.9 Å². The SMILES string of the molecule is CCOC(=O)C(C(CC(C(=O)[O-])C(C(=O)NCCCN(C)C)C(CC1C(=O)N(CCCN(C)C)C(=O)C1C(CC(C(=O)O)C(C(=O)OCCOc1ccc(C(=O)CC(=O)c2ccc(C)cc2)cc1)C(CC(C(=O)O)C(C(=O)OCCNS(=O)(=O)c1cc(C(=O)c2ccc(C)cc2)c(O)cc1OC)C(CC)OC)OC)OC)OC)OC)C(CC(OC)C1C(=O)OC(=O)C1C)C(=O)O.[Na+]. The molecule has 2 aliphatic rings. The Morgan fingerprint density at radius 2 is 1.02 bits per heavy atom. The number of carbonyl (C=O) groups is 15. The number of nitrogens with one attached hydrogen (secondary N) is 2. The number of imide groups is 1. The Kier molecular flexibility index (Phi) is 45.8. The Bertz CT molecular complexity index is 4740. The zero-order valence-electron chi connectivity index (χ0n) is 77.5. The maximum Gasteiger partial charge on any atom is 1.00 e. The van der Waals surface area contributed by atoms with Crippen molar-refractivity contribution in [2.45, 2.75) is 134 Å². The predicted molar refractivity (Wildman–Crippen MR) is 460 cm³/mol. The number of phenols is 1. The van der Waals surface area contributed by atoms with E-state index in [9.17, 15) is 86.7 Å². The fourth-order valence-electron chi connectivity index (χ4n) is 16.7. The molecule has 4 aromatic rings. The molecule has 132 heavy (non-hydrogen) atoms. The Morgan fingerprint density at radius 3 is 1.48 bits per heavy atom. The van der Waals surface area contributed by atoms with Crippen molar-refractivity contribution in [3.05, 3.63) is 118 Å². The summed E-state index contributed by atoms with van der Waals surface area (Å²) in [7, 11) is 9.52. The second-order valence-electron chi connectivity index (χ2n) is 32.7. The number of nitrogens with zero attached hydrogens (tertiary/aromatic N) is 3. The summed E-state index contributed by atoms with van der Waals surface area (Å²) in [6.07, 6.45) is -15.2. The molecule has 0 saturated carbocycles. The Hall–Kier alpha value is -10.1. The van der Waals surface area contributed by atoms with Crippen LogP contribution in [0.2, 0.25) is 0 Å². The number of esters is 5. The number of benzene rings is 4. The monoisotopic (exact) mass is 1880 g/mol. The number of rotatable bonds is 60. The number of carboxylic acid groups (broad SMARTS) is 4. The quantitative estimate of drug-likeness (QED) is 0.00684. The van der Waals surface area contributed by atoms with Crippen molar-refractivity contribution in [1.82, 2.24) is 24.7 Å². The van der Waals surface area contributed by atoms with Crippen LogP contribution in [0.5, 0.6) is 17.2 Å². The number of aromatic hydroxyl groups is 1. The standard InChI is InChI=1S/C91H123N5O34S.Na/c1-17-65(119-10)76(89(114)128-38-34-93-131(117,118)72-46-56(64(99)48-66(72)120-11)79(100)54-27-23-50(4)24-28-54)59(84(106)107)45-71(125-16)78(90(115)129-40-39-127-55-31-29-53(30-32-55)63(98)47-62(97)52-25-21-49(3)22-26-52)61(86(110)111)44-69(123-14)75-57(81(102)96(82(75)103)37-20-36-95(8)9)41-68(122-13)74(80(101)92-33-19-35-94(6)7)58(83(104)105)42-70(124-15)77(88(113)126-18-2)60(85(108)109)43-67(121-12)73-51(5)87(112)130-91(73)116;/h21-32,46,48,51,57-61,65,67-71,73-78,93,99H,17-20,33-45,47H2,1-16H3,(H,92,101)(H,104,105)(H,106,107)(H,108,109)(H,110,111);/q;+1/p-1. The van der Waals surface area contributed by atoms with Crippen LogP contribution in [0.3, 0.4) is 0 Å². The van der Waals surface area contributed by atoms with Gasteiger partial charge in [0.25, 0.3) is 0 Å². The molecular formula is C91H122N5NaO34S. The molecule has 6 rings (SSSR count). The number of ketones is 3. The van der Waals surface area contributed by atoms with E-state index in [1.54, 1.807) is 81.3 Å². The predicted octanol–water partition coefficient (Wildman–Crippen LogP) is 1.06. The molecule has 0 aliphatic carbocycles. The van der Waals surface area contributed by atoms with Crippen LogP contribution >= 0.6 is 0 Å². The second-order valence-corrected chi connectivity index (χ2v) is 34.4. The number of hydrogen-bond donors (Lipinski definition) is 6. The van der Waals surface area contributed by atoms with Gasteiger partial charge in [0.2, 0.25) is 27.7 Å². The van der Waals surface area contributed by atoms with Gasteiger partial charge in [-0.3, -0.25) is 72.0 Å². The van der Waals surface area contributed by atoms with Gasteiger partial charge in [0.15, 0.2) is 17.3 Å². The first-order valence-corrected chi connectivity index (χ1v) is 44.2. The maximum absolute atomic E-state index is 15.6. The van der Waals surface area contributed by atoms with Gasteiger partial charge in [-0.05, 0) is 144 Å². The minimum atomic E-state index is -4.74. The maximum atomic E-state index is 15.6. The number of carbonyl (C=O) groups excluding carboxylic acids is 12. The third-order valence-corrected chi connectivity index (χ3v) is 25.2. The molecule has 2 aliphatic heterocycles. The van der Waals surface area contributed by atoms with E-state index in [2.05, 4.69) is 10.0 Å². The number of sulfonamides is 1. The summed E-state index contributed by atoms with van der Waals surface area (Å²) in [5.74, 6) is -42.2. The number of cyclic esters (lactones) is 2. The van der Waals surface area contributed by atoms with Crippen molar-refractivity contribution >= 4 is 98.8 Å². The van der Waals surface area contributed by atoms with E-state index >= 15 is 19.2 Å². The summed E-state index contributed by atoms with van der Waals surface area (Å²) in [5, 5.41) is 62.0. The van der Waals surface area contributed by atoms with E-state index in [0.29, 0.717) is 12.1 Å². The van der Waals surface area contributed by atoms with Gasteiger partial charge in [0.1, 0.15) is 42.0 Å². The molecule has 41 heteroatoms. The summed E-state index contributed by atoms with van der Waals surface area (Å²) in [5.41, 5.74) is 1.84. The summed E-state index contributed by atoms with van der Waals surface area (Å²) in [6.45, 7) is 4.86. The van der Waals surface area contributed by atoms with E-state index in [1.807, 2.05) is 6.92 Å². The molecule has 722 valence electrons. The first-order chi connectivity index (χ1) is 62.0. The average Bonchev–Trinajstić information content (AvgIpc) is 1.51. The molecule has 18 unspecified atom stereocenters. The molecule has 4 aromatic carbocycles. The molecule has 3 amide bonds. The molecule has 0 aromatic heterocycles. The first-order valence-electron chi connectivity index (χ1n) is 42.7. The number of amides is 3. The minimum Gasteiger partial charge on any atom is -0.550 e. The Labute approximate surface area is 788 Å². The fraction of sp³-hybridized carbons (Fsp3) is 0.571. The van der Waals surface area contributed by atoms with Crippen LogP contribution in [-0.2, 0) is 115 Å². The van der Waals surface area contributed by atoms with Gasteiger partial charge in [-0.15, -0.1) is 0 Å². The molecule has 6 N–H and O–H groups in total. The van der Waals surface area contributed by atoms with Crippen molar-refractivity contribution in [2.75, 3.05) is 137 Å². The van der Waals surface area contributed by atoms with E-state index in [1.165, 1.54) is 57.2 Å². The topological polar surface area (TPSA) is 539 Å². The third-order valence-electron chi connectivity index (χ3n) is 23.7. The normalized spacial score (nSPS) is 18.3.